The lowest BCUT2D eigenvalue weighted by Gasteiger charge is -2.09. The quantitative estimate of drug-likeness (QED) is 0.827. The fourth-order valence-electron chi connectivity index (χ4n) is 1.90. The average molecular weight is 237 g/mol. The second kappa shape index (κ2) is 3.40. The van der Waals surface area contributed by atoms with Gasteiger partial charge < -0.3 is 5.11 Å². The molecule has 0 bridgehead atoms. The molecule has 2 aromatic rings. The Bertz CT molecular complexity index is 498. The first-order chi connectivity index (χ1) is 7.25. The van der Waals surface area contributed by atoms with E-state index >= 15 is 0 Å². The van der Waals surface area contributed by atoms with Crippen LogP contribution in [0, 0.1) is 0 Å². The molecule has 0 fully saturated rings. The molecule has 0 radical (unpaired) electrons. The number of rotatable bonds is 1. The maximum Gasteiger partial charge on any atom is 0.122 e. The first-order valence-corrected chi connectivity index (χ1v) is 6.69. The van der Waals surface area contributed by atoms with Gasteiger partial charge in [-0.1, -0.05) is 0 Å². The van der Waals surface area contributed by atoms with Gasteiger partial charge in [0.1, 0.15) is 11.1 Å². The molecule has 78 valence electrons. The third-order valence-corrected chi connectivity index (χ3v) is 4.92. The van der Waals surface area contributed by atoms with Crippen molar-refractivity contribution in [3.05, 3.63) is 26.2 Å². The van der Waals surface area contributed by atoms with Crippen LogP contribution in [0.5, 0.6) is 0 Å². The summed E-state index contributed by atoms with van der Waals surface area (Å²) in [6.07, 6.45) is 1.76. The summed E-state index contributed by atoms with van der Waals surface area (Å²) in [6.45, 7) is 1.78. The van der Waals surface area contributed by atoms with Crippen molar-refractivity contribution in [3.63, 3.8) is 0 Å². The van der Waals surface area contributed by atoms with Crippen molar-refractivity contribution in [1.29, 1.82) is 0 Å². The second-order valence-electron chi connectivity index (χ2n) is 3.76. The van der Waals surface area contributed by atoms with Crippen molar-refractivity contribution in [1.82, 2.24) is 4.98 Å². The van der Waals surface area contributed by atoms with Crippen LogP contribution in [0.1, 0.15) is 27.8 Å². The summed E-state index contributed by atoms with van der Waals surface area (Å²) in [4.78, 5) is 7.30. The standard InChI is InChI=1S/C11H11NOS2/c1-6(13)11-12-10-7-4-5-14-8(7)2-3-9(10)15-11/h4-6,13H,2-3H2,1H3. The summed E-state index contributed by atoms with van der Waals surface area (Å²) in [5.41, 5.74) is 2.39. The normalized spacial score (nSPS) is 15.9. The van der Waals surface area contributed by atoms with E-state index in [0.717, 1.165) is 23.5 Å². The Kier molecular flexibility index (Phi) is 2.16. The minimum absolute atomic E-state index is 0.442. The van der Waals surface area contributed by atoms with Crippen LogP contribution < -0.4 is 0 Å². The van der Waals surface area contributed by atoms with Gasteiger partial charge in [-0.15, -0.1) is 22.7 Å². The van der Waals surface area contributed by atoms with Gasteiger partial charge in [-0.3, -0.25) is 0 Å². The minimum atomic E-state index is -0.442. The van der Waals surface area contributed by atoms with Crippen LogP contribution in [0.25, 0.3) is 11.3 Å². The number of thiophene rings is 1. The molecule has 0 saturated heterocycles. The van der Waals surface area contributed by atoms with Crippen molar-refractivity contribution in [2.24, 2.45) is 0 Å². The first kappa shape index (κ1) is 9.51. The Morgan fingerprint density at radius 1 is 1.40 bits per heavy atom. The predicted molar refractivity (Wildman–Crippen MR) is 63.5 cm³/mol. The van der Waals surface area contributed by atoms with E-state index in [1.54, 1.807) is 18.3 Å². The lowest BCUT2D eigenvalue weighted by Crippen LogP contribution is -1.97. The largest absolute Gasteiger partial charge is 0.386 e. The van der Waals surface area contributed by atoms with E-state index in [1.807, 2.05) is 11.3 Å². The number of aromatic nitrogens is 1. The Balaban J connectivity index is 2.16. The molecule has 1 aliphatic rings. The lowest BCUT2D eigenvalue weighted by molar-refractivity contribution is 0.199. The number of hydrogen-bond donors (Lipinski definition) is 1. The highest BCUT2D eigenvalue weighted by Crippen LogP contribution is 2.39. The van der Waals surface area contributed by atoms with Gasteiger partial charge in [0.2, 0.25) is 0 Å². The van der Waals surface area contributed by atoms with Gasteiger partial charge in [-0.05, 0) is 31.2 Å². The van der Waals surface area contributed by atoms with Gasteiger partial charge >= 0.3 is 0 Å². The highest BCUT2D eigenvalue weighted by molar-refractivity contribution is 7.12. The number of aryl methyl sites for hydroxylation is 2. The molecule has 15 heavy (non-hydrogen) atoms. The summed E-state index contributed by atoms with van der Waals surface area (Å²) >= 11 is 3.46. The Hall–Kier alpha value is -0.710. The summed E-state index contributed by atoms with van der Waals surface area (Å²) in [5.74, 6) is 0. The fourth-order valence-corrected chi connectivity index (χ4v) is 3.80. The molecule has 2 aromatic heterocycles. The van der Waals surface area contributed by atoms with E-state index in [2.05, 4.69) is 16.4 Å². The molecule has 4 heteroatoms. The van der Waals surface area contributed by atoms with Gasteiger partial charge in [0.25, 0.3) is 0 Å². The zero-order chi connectivity index (χ0) is 10.4. The highest BCUT2D eigenvalue weighted by atomic mass is 32.1. The van der Waals surface area contributed by atoms with Crippen molar-refractivity contribution in [3.8, 4) is 11.3 Å². The van der Waals surface area contributed by atoms with E-state index in [0.29, 0.717) is 0 Å². The number of fused-ring (bicyclic) bond motifs is 3. The van der Waals surface area contributed by atoms with Crippen LogP contribution in [0.15, 0.2) is 11.4 Å². The SMILES string of the molecule is CC(O)c1nc2c(s1)CCc1sccc1-2. The molecule has 0 amide bonds. The van der Waals surface area contributed by atoms with Crippen LogP contribution in [0.4, 0.5) is 0 Å². The minimum Gasteiger partial charge on any atom is -0.386 e. The van der Waals surface area contributed by atoms with Gasteiger partial charge in [-0.2, -0.15) is 0 Å². The molecular weight excluding hydrogens is 226 g/mol. The Morgan fingerprint density at radius 2 is 2.20 bits per heavy atom. The van der Waals surface area contributed by atoms with Crippen molar-refractivity contribution in [2.75, 3.05) is 0 Å². The van der Waals surface area contributed by atoms with E-state index in [-0.39, 0.29) is 0 Å². The first-order valence-electron chi connectivity index (χ1n) is 5.00. The predicted octanol–water partition coefficient (Wildman–Crippen LogP) is 3.02. The van der Waals surface area contributed by atoms with Gasteiger partial charge in [-0.25, -0.2) is 4.98 Å². The number of nitrogens with zero attached hydrogens (tertiary/aromatic N) is 1. The summed E-state index contributed by atoms with van der Waals surface area (Å²) in [7, 11) is 0. The summed E-state index contributed by atoms with van der Waals surface area (Å²) in [5, 5.41) is 12.5. The molecule has 0 spiro atoms. The fraction of sp³-hybridized carbons (Fsp3) is 0.364. The lowest BCUT2D eigenvalue weighted by atomic mass is 10.0. The number of hydrogen-bond acceptors (Lipinski definition) is 4. The maximum absolute atomic E-state index is 9.52. The monoisotopic (exact) mass is 237 g/mol. The van der Waals surface area contributed by atoms with E-state index < -0.39 is 6.10 Å². The molecule has 2 heterocycles. The maximum atomic E-state index is 9.52. The van der Waals surface area contributed by atoms with Crippen LogP contribution in [-0.4, -0.2) is 10.1 Å². The molecule has 1 N–H and O–H groups in total. The zero-order valence-corrected chi connectivity index (χ0v) is 9.99. The van der Waals surface area contributed by atoms with Crippen molar-refractivity contribution >= 4 is 22.7 Å². The van der Waals surface area contributed by atoms with Gasteiger partial charge in [0.05, 0.1) is 5.69 Å². The molecular formula is C11H11NOS2. The average Bonchev–Trinajstić information content (AvgIpc) is 2.82. The zero-order valence-electron chi connectivity index (χ0n) is 8.36. The van der Waals surface area contributed by atoms with Gasteiger partial charge in [0.15, 0.2) is 0 Å². The number of aliphatic hydroxyl groups excluding tert-OH is 1. The third-order valence-electron chi connectivity index (χ3n) is 2.65. The van der Waals surface area contributed by atoms with E-state index in [4.69, 9.17) is 0 Å². The molecule has 0 aliphatic heterocycles. The summed E-state index contributed by atoms with van der Waals surface area (Å²) < 4.78 is 0. The molecule has 0 aromatic carbocycles. The van der Waals surface area contributed by atoms with E-state index in [9.17, 15) is 5.11 Å². The molecule has 1 atom stereocenters. The Labute approximate surface area is 96.2 Å². The summed E-state index contributed by atoms with van der Waals surface area (Å²) in [6, 6.07) is 2.14. The topological polar surface area (TPSA) is 33.1 Å². The highest BCUT2D eigenvalue weighted by Gasteiger charge is 2.22. The van der Waals surface area contributed by atoms with E-state index in [1.165, 1.54) is 15.3 Å². The molecule has 3 rings (SSSR count). The smallest absolute Gasteiger partial charge is 0.122 e. The molecule has 1 unspecified atom stereocenters. The van der Waals surface area contributed by atoms with Crippen LogP contribution in [0.3, 0.4) is 0 Å². The molecule has 2 nitrogen and oxygen atoms in total. The third kappa shape index (κ3) is 1.44. The van der Waals surface area contributed by atoms with Crippen molar-refractivity contribution in [2.45, 2.75) is 25.9 Å². The molecule has 1 aliphatic carbocycles. The molecule has 0 saturated carbocycles. The Morgan fingerprint density at radius 3 is 3.00 bits per heavy atom. The van der Waals surface area contributed by atoms with Crippen LogP contribution in [-0.2, 0) is 12.8 Å². The van der Waals surface area contributed by atoms with Crippen LogP contribution >= 0.6 is 22.7 Å². The van der Waals surface area contributed by atoms with Gasteiger partial charge in [0, 0.05) is 15.3 Å². The van der Waals surface area contributed by atoms with Crippen LogP contribution in [0.2, 0.25) is 0 Å². The van der Waals surface area contributed by atoms with Crippen molar-refractivity contribution < 1.29 is 5.11 Å². The second-order valence-corrected chi connectivity index (χ2v) is 5.87. The number of aliphatic hydroxyl groups is 1. The number of thiazole rings is 1.